The summed E-state index contributed by atoms with van der Waals surface area (Å²) in [6, 6.07) is 1.32. The van der Waals surface area contributed by atoms with Crippen LogP contribution in [0.5, 0.6) is 0 Å². The first-order chi connectivity index (χ1) is 8.60. The van der Waals surface area contributed by atoms with Gasteiger partial charge in [-0.3, -0.25) is 5.32 Å². The third kappa shape index (κ3) is 4.51. The van der Waals surface area contributed by atoms with Gasteiger partial charge in [0.15, 0.2) is 0 Å². The fourth-order valence-electron chi connectivity index (χ4n) is 1.34. The Morgan fingerprint density at radius 2 is 2.39 bits per heavy atom. The molecule has 1 aromatic rings. The molecule has 0 amide bonds. The number of rotatable bonds is 7. The minimum atomic E-state index is -0.506. The maximum absolute atomic E-state index is 11.9. The molecule has 18 heavy (non-hydrogen) atoms. The molecule has 4 nitrogen and oxygen atoms in total. The third-order valence-electron chi connectivity index (χ3n) is 2.13. The molecule has 0 aliphatic heterocycles. The van der Waals surface area contributed by atoms with Crippen molar-refractivity contribution in [3.05, 3.63) is 19.8 Å². The Bertz CT molecular complexity index is 380. The van der Waals surface area contributed by atoms with E-state index < -0.39 is 6.04 Å². The first-order valence-electron chi connectivity index (χ1n) is 5.43. The second kappa shape index (κ2) is 8.12. The zero-order valence-electron chi connectivity index (χ0n) is 10.2. The monoisotopic (exact) mass is 355 g/mol. The van der Waals surface area contributed by atoms with E-state index in [4.69, 9.17) is 21.1 Å². The Morgan fingerprint density at radius 3 is 2.89 bits per heavy atom. The molecule has 102 valence electrons. The number of hydrogen-bond acceptors (Lipinski definition) is 5. The van der Waals surface area contributed by atoms with Crippen molar-refractivity contribution in [1.29, 1.82) is 0 Å². The van der Waals surface area contributed by atoms with Gasteiger partial charge in [0, 0.05) is 23.0 Å². The van der Waals surface area contributed by atoms with Crippen LogP contribution in [0.4, 0.5) is 0 Å². The van der Waals surface area contributed by atoms with E-state index in [0.29, 0.717) is 24.1 Å². The number of hydrogen-bond donors (Lipinski definition) is 1. The predicted octanol–water partition coefficient (Wildman–Crippen LogP) is 3.00. The van der Waals surface area contributed by atoms with Crippen LogP contribution in [0, 0.1) is 0 Å². The summed E-state index contributed by atoms with van der Waals surface area (Å²) in [6.45, 7) is 3.21. The molecule has 0 fully saturated rings. The number of nitrogens with one attached hydrogen (secondary N) is 1. The standard InChI is InChI=1S/C11H15BrClNO3S/c1-3-17-11(15)9(14-4-5-16-2)8-6-7(12)10(13)18-8/h6,9,14H,3-5H2,1-2H3. The van der Waals surface area contributed by atoms with Gasteiger partial charge in [0.25, 0.3) is 0 Å². The van der Waals surface area contributed by atoms with Crippen molar-refractivity contribution in [2.75, 3.05) is 26.9 Å². The molecule has 1 atom stereocenters. The topological polar surface area (TPSA) is 47.6 Å². The Balaban J connectivity index is 2.78. The van der Waals surface area contributed by atoms with Crippen LogP contribution in [0.2, 0.25) is 4.34 Å². The molecule has 1 unspecified atom stereocenters. The second-order valence-electron chi connectivity index (χ2n) is 3.40. The molecule has 0 aliphatic rings. The van der Waals surface area contributed by atoms with E-state index in [1.807, 2.05) is 6.07 Å². The summed E-state index contributed by atoms with van der Waals surface area (Å²) in [6.07, 6.45) is 0. The predicted molar refractivity (Wildman–Crippen MR) is 76.3 cm³/mol. The fourth-order valence-corrected chi connectivity index (χ4v) is 3.14. The lowest BCUT2D eigenvalue weighted by Crippen LogP contribution is -2.31. The van der Waals surface area contributed by atoms with Gasteiger partial charge in [0.05, 0.1) is 13.2 Å². The Morgan fingerprint density at radius 1 is 1.67 bits per heavy atom. The quantitative estimate of drug-likeness (QED) is 0.603. The van der Waals surface area contributed by atoms with Gasteiger partial charge in [-0.25, -0.2) is 4.79 Å². The van der Waals surface area contributed by atoms with Crippen LogP contribution >= 0.6 is 38.9 Å². The summed E-state index contributed by atoms with van der Waals surface area (Å²) in [5, 5.41) is 3.09. The summed E-state index contributed by atoms with van der Waals surface area (Å²) >= 11 is 10.7. The number of ether oxygens (including phenoxy) is 2. The van der Waals surface area contributed by atoms with E-state index in [2.05, 4.69) is 21.2 Å². The van der Waals surface area contributed by atoms with Gasteiger partial charge in [-0.2, -0.15) is 0 Å². The Hall–Kier alpha value is -0.140. The minimum absolute atomic E-state index is 0.306. The molecule has 1 aromatic heterocycles. The molecule has 0 aromatic carbocycles. The van der Waals surface area contributed by atoms with Crippen LogP contribution in [0.25, 0.3) is 0 Å². The normalized spacial score (nSPS) is 12.4. The average Bonchev–Trinajstić information content (AvgIpc) is 2.65. The van der Waals surface area contributed by atoms with E-state index in [-0.39, 0.29) is 5.97 Å². The molecule has 1 N–H and O–H groups in total. The largest absolute Gasteiger partial charge is 0.465 e. The third-order valence-corrected chi connectivity index (χ3v) is 4.67. The van der Waals surface area contributed by atoms with E-state index in [1.165, 1.54) is 11.3 Å². The summed E-state index contributed by atoms with van der Waals surface area (Å²) < 4.78 is 11.4. The van der Waals surface area contributed by atoms with Gasteiger partial charge < -0.3 is 9.47 Å². The number of carbonyl (C=O) groups excluding carboxylic acids is 1. The number of carbonyl (C=O) groups is 1. The van der Waals surface area contributed by atoms with E-state index in [1.54, 1.807) is 14.0 Å². The van der Waals surface area contributed by atoms with E-state index in [9.17, 15) is 4.79 Å². The van der Waals surface area contributed by atoms with Crippen LogP contribution in [-0.2, 0) is 14.3 Å². The fraction of sp³-hybridized carbons (Fsp3) is 0.545. The van der Waals surface area contributed by atoms with E-state index in [0.717, 1.165) is 9.35 Å². The number of esters is 1. The van der Waals surface area contributed by atoms with Crippen LogP contribution in [0.3, 0.4) is 0 Å². The molecule has 0 aliphatic carbocycles. The number of thiophene rings is 1. The zero-order valence-corrected chi connectivity index (χ0v) is 13.3. The van der Waals surface area contributed by atoms with Crippen LogP contribution in [0.15, 0.2) is 10.5 Å². The van der Waals surface area contributed by atoms with Crippen molar-refractivity contribution in [1.82, 2.24) is 5.32 Å². The van der Waals surface area contributed by atoms with Gasteiger partial charge >= 0.3 is 5.97 Å². The van der Waals surface area contributed by atoms with Crippen molar-refractivity contribution in [3.8, 4) is 0 Å². The molecule has 0 saturated heterocycles. The van der Waals surface area contributed by atoms with E-state index >= 15 is 0 Å². The lowest BCUT2D eigenvalue weighted by atomic mass is 10.2. The van der Waals surface area contributed by atoms with Crippen LogP contribution in [0.1, 0.15) is 17.8 Å². The summed E-state index contributed by atoms with van der Waals surface area (Å²) in [5.41, 5.74) is 0. The zero-order chi connectivity index (χ0) is 13.5. The first kappa shape index (κ1) is 15.9. The highest BCUT2D eigenvalue weighted by molar-refractivity contribution is 9.10. The molecule has 1 rings (SSSR count). The SMILES string of the molecule is CCOC(=O)C(NCCOC)c1cc(Br)c(Cl)s1. The molecule has 0 radical (unpaired) electrons. The molecule has 0 spiro atoms. The smallest absolute Gasteiger partial charge is 0.328 e. The van der Waals surface area contributed by atoms with Crippen LogP contribution < -0.4 is 5.32 Å². The Labute approximate surface area is 124 Å². The number of halogens is 2. The van der Waals surface area contributed by atoms with Gasteiger partial charge in [-0.05, 0) is 28.9 Å². The van der Waals surface area contributed by atoms with Crippen molar-refractivity contribution in [2.45, 2.75) is 13.0 Å². The number of methoxy groups -OCH3 is 1. The second-order valence-corrected chi connectivity index (χ2v) is 5.94. The lowest BCUT2D eigenvalue weighted by molar-refractivity contribution is -0.145. The van der Waals surface area contributed by atoms with Gasteiger partial charge in [0.2, 0.25) is 0 Å². The minimum Gasteiger partial charge on any atom is -0.465 e. The highest BCUT2D eigenvalue weighted by atomic mass is 79.9. The summed E-state index contributed by atoms with van der Waals surface area (Å²) in [4.78, 5) is 12.7. The van der Waals surface area contributed by atoms with Crippen molar-refractivity contribution < 1.29 is 14.3 Å². The van der Waals surface area contributed by atoms with Gasteiger partial charge in [-0.1, -0.05) is 11.6 Å². The molecular weight excluding hydrogens is 342 g/mol. The molecule has 0 saturated carbocycles. The highest BCUT2D eigenvalue weighted by Gasteiger charge is 2.24. The van der Waals surface area contributed by atoms with Crippen molar-refractivity contribution >= 4 is 44.8 Å². The Kier molecular flexibility index (Phi) is 7.18. The van der Waals surface area contributed by atoms with Crippen LogP contribution in [-0.4, -0.2) is 32.8 Å². The molecular formula is C11H15BrClNO3S. The maximum Gasteiger partial charge on any atom is 0.328 e. The molecule has 0 bridgehead atoms. The summed E-state index contributed by atoms with van der Waals surface area (Å²) in [7, 11) is 1.61. The maximum atomic E-state index is 11.9. The molecule has 7 heteroatoms. The van der Waals surface area contributed by atoms with Crippen molar-refractivity contribution in [2.24, 2.45) is 0 Å². The lowest BCUT2D eigenvalue weighted by Gasteiger charge is -2.15. The first-order valence-corrected chi connectivity index (χ1v) is 7.42. The summed E-state index contributed by atoms with van der Waals surface area (Å²) in [5.74, 6) is -0.306. The average molecular weight is 357 g/mol. The molecule has 1 heterocycles. The van der Waals surface area contributed by atoms with Gasteiger partial charge in [-0.15, -0.1) is 11.3 Å². The van der Waals surface area contributed by atoms with Crippen molar-refractivity contribution in [3.63, 3.8) is 0 Å². The highest BCUT2D eigenvalue weighted by Crippen LogP contribution is 2.35. The van der Waals surface area contributed by atoms with Gasteiger partial charge in [0.1, 0.15) is 10.4 Å².